The van der Waals surface area contributed by atoms with E-state index < -0.39 is 0 Å². The molecule has 0 unspecified atom stereocenters. The van der Waals surface area contributed by atoms with Crippen molar-refractivity contribution in [2.75, 3.05) is 13.1 Å². The lowest BCUT2D eigenvalue weighted by molar-refractivity contribution is 0.190. The highest BCUT2D eigenvalue weighted by Gasteiger charge is 2.19. The average molecular weight is 432 g/mol. The first-order valence-electron chi connectivity index (χ1n) is 9.58. The van der Waals surface area contributed by atoms with Crippen LogP contribution in [0.4, 0.5) is 0 Å². The molecule has 0 aliphatic carbocycles. The highest BCUT2D eigenvalue weighted by molar-refractivity contribution is 7.15. The molecule has 28 heavy (non-hydrogen) atoms. The van der Waals surface area contributed by atoms with Gasteiger partial charge >= 0.3 is 0 Å². The third-order valence-corrected chi connectivity index (χ3v) is 6.79. The van der Waals surface area contributed by atoms with Crippen molar-refractivity contribution in [3.8, 4) is 10.4 Å². The number of aromatic nitrogens is 1. The Morgan fingerprint density at radius 3 is 2.43 bits per heavy atom. The molecule has 1 aromatic heterocycles. The number of hydrogen-bond acceptors (Lipinski definition) is 4. The fourth-order valence-corrected chi connectivity index (χ4v) is 5.26. The fourth-order valence-electron chi connectivity index (χ4n) is 3.61. The maximum Gasteiger partial charge on any atom is 0.107 e. The van der Waals surface area contributed by atoms with Gasteiger partial charge in [-0.05, 0) is 43.6 Å². The van der Waals surface area contributed by atoms with Gasteiger partial charge in [0.1, 0.15) is 5.01 Å². The number of hydrogen-bond donors (Lipinski definition) is 1. The van der Waals surface area contributed by atoms with E-state index in [0.29, 0.717) is 16.1 Å². The van der Waals surface area contributed by atoms with Crippen LogP contribution in [0.1, 0.15) is 23.4 Å². The number of piperidine rings is 1. The molecule has 1 saturated heterocycles. The van der Waals surface area contributed by atoms with E-state index in [1.165, 1.54) is 18.4 Å². The number of halogens is 2. The zero-order chi connectivity index (χ0) is 19.3. The lowest BCUT2D eigenvalue weighted by Crippen LogP contribution is -2.41. The van der Waals surface area contributed by atoms with E-state index in [9.17, 15) is 0 Å². The van der Waals surface area contributed by atoms with Crippen LogP contribution in [0.15, 0.2) is 54.7 Å². The van der Waals surface area contributed by atoms with Crippen molar-refractivity contribution in [3.05, 3.63) is 75.3 Å². The van der Waals surface area contributed by atoms with Crippen LogP contribution in [0.5, 0.6) is 0 Å². The Bertz CT molecular complexity index is 885. The van der Waals surface area contributed by atoms with E-state index in [2.05, 4.69) is 45.5 Å². The number of likely N-dealkylation sites (tertiary alicyclic amines) is 1. The van der Waals surface area contributed by atoms with Crippen molar-refractivity contribution in [2.45, 2.75) is 32.0 Å². The normalized spacial score (nSPS) is 15.8. The van der Waals surface area contributed by atoms with Gasteiger partial charge in [-0.1, -0.05) is 59.6 Å². The molecule has 2 aromatic carbocycles. The molecule has 1 aliphatic heterocycles. The summed E-state index contributed by atoms with van der Waals surface area (Å²) in [6.45, 7) is 4.09. The zero-order valence-corrected chi connectivity index (χ0v) is 17.9. The van der Waals surface area contributed by atoms with Crippen LogP contribution in [0.2, 0.25) is 10.0 Å². The van der Waals surface area contributed by atoms with Gasteiger partial charge in [0.05, 0.1) is 14.9 Å². The second-order valence-electron chi connectivity index (χ2n) is 7.13. The van der Waals surface area contributed by atoms with Crippen molar-refractivity contribution < 1.29 is 0 Å². The fraction of sp³-hybridized carbons (Fsp3) is 0.318. The molecule has 0 radical (unpaired) electrons. The Morgan fingerprint density at radius 1 is 1.00 bits per heavy atom. The number of thiazole rings is 1. The lowest BCUT2D eigenvalue weighted by Gasteiger charge is -2.32. The van der Waals surface area contributed by atoms with Gasteiger partial charge in [-0.3, -0.25) is 4.90 Å². The molecule has 0 bridgehead atoms. The summed E-state index contributed by atoms with van der Waals surface area (Å²) in [4.78, 5) is 8.11. The van der Waals surface area contributed by atoms with Crippen LogP contribution in [0.25, 0.3) is 10.4 Å². The van der Waals surface area contributed by atoms with E-state index >= 15 is 0 Å². The van der Waals surface area contributed by atoms with Crippen LogP contribution < -0.4 is 5.32 Å². The van der Waals surface area contributed by atoms with E-state index in [4.69, 9.17) is 23.2 Å². The van der Waals surface area contributed by atoms with Crippen LogP contribution in [-0.2, 0) is 13.1 Å². The topological polar surface area (TPSA) is 28.2 Å². The van der Waals surface area contributed by atoms with Gasteiger partial charge in [-0.2, -0.15) is 0 Å². The van der Waals surface area contributed by atoms with E-state index in [-0.39, 0.29) is 0 Å². The first-order valence-corrected chi connectivity index (χ1v) is 11.1. The summed E-state index contributed by atoms with van der Waals surface area (Å²) >= 11 is 14.3. The third-order valence-electron chi connectivity index (χ3n) is 5.14. The highest BCUT2D eigenvalue weighted by atomic mass is 35.5. The molecule has 0 atom stereocenters. The second kappa shape index (κ2) is 9.38. The van der Waals surface area contributed by atoms with Gasteiger partial charge < -0.3 is 5.32 Å². The molecule has 1 fully saturated rings. The maximum atomic E-state index is 6.32. The van der Waals surface area contributed by atoms with Crippen LogP contribution in [0.3, 0.4) is 0 Å². The smallest absolute Gasteiger partial charge is 0.107 e. The summed E-state index contributed by atoms with van der Waals surface area (Å²) in [5, 5.41) is 6.07. The predicted octanol–water partition coefficient (Wildman–Crippen LogP) is 5.87. The molecule has 146 valence electrons. The molecule has 4 rings (SSSR count). The van der Waals surface area contributed by atoms with Gasteiger partial charge in [0.2, 0.25) is 0 Å². The Hall–Kier alpha value is -1.43. The number of nitrogens with zero attached hydrogens (tertiary/aromatic N) is 2. The molecule has 0 amide bonds. The Kier molecular flexibility index (Phi) is 6.65. The minimum absolute atomic E-state index is 0.545. The summed E-state index contributed by atoms with van der Waals surface area (Å²) in [5.74, 6) is 0. The number of nitrogens with one attached hydrogen (secondary N) is 1. The third kappa shape index (κ3) is 4.94. The first-order chi connectivity index (χ1) is 13.7. The summed E-state index contributed by atoms with van der Waals surface area (Å²) in [6, 6.07) is 16.8. The number of benzene rings is 2. The summed E-state index contributed by atoms with van der Waals surface area (Å²) in [7, 11) is 0. The molecule has 3 aromatic rings. The first kappa shape index (κ1) is 19.9. The maximum absolute atomic E-state index is 6.32. The van der Waals surface area contributed by atoms with Gasteiger partial charge in [-0.25, -0.2) is 4.98 Å². The molecule has 2 heterocycles. The summed E-state index contributed by atoms with van der Waals surface area (Å²) in [5.41, 5.74) is 2.27. The molecule has 0 saturated carbocycles. The Morgan fingerprint density at radius 2 is 1.71 bits per heavy atom. The van der Waals surface area contributed by atoms with E-state index in [1.807, 2.05) is 24.4 Å². The van der Waals surface area contributed by atoms with Gasteiger partial charge in [0.15, 0.2) is 0 Å². The molecule has 1 aliphatic rings. The standard InChI is InChI=1S/C22H23Cl2N3S/c23-18-7-4-8-19(24)22(18)20-13-26-21(28-20)14-25-17-9-11-27(12-10-17)15-16-5-2-1-3-6-16/h1-8,13,17,25H,9-12,14-15H2. The van der Waals surface area contributed by atoms with Crippen LogP contribution in [0, 0.1) is 0 Å². The largest absolute Gasteiger partial charge is 0.308 e. The summed E-state index contributed by atoms with van der Waals surface area (Å²) < 4.78 is 0. The number of rotatable bonds is 6. The predicted molar refractivity (Wildman–Crippen MR) is 119 cm³/mol. The minimum atomic E-state index is 0.545. The molecular formula is C22H23Cl2N3S. The van der Waals surface area contributed by atoms with Crippen molar-refractivity contribution >= 4 is 34.5 Å². The average Bonchev–Trinajstić information content (AvgIpc) is 3.17. The molecule has 6 heteroatoms. The highest BCUT2D eigenvalue weighted by Crippen LogP contribution is 2.37. The van der Waals surface area contributed by atoms with Gasteiger partial charge in [-0.15, -0.1) is 11.3 Å². The Labute approximate surface area is 180 Å². The van der Waals surface area contributed by atoms with Crippen LogP contribution in [-0.4, -0.2) is 29.0 Å². The van der Waals surface area contributed by atoms with Crippen molar-refractivity contribution in [1.29, 1.82) is 0 Å². The minimum Gasteiger partial charge on any atom is -0.308 e. The van der Waals surface area contributed by atoms with Crippen molar-refractivity contribution in [3.63, 3.8) is 0 Å². The van der Waals surface area contributed by atoms with E-state index in [1.54, 1.807) is 11.3 Å². The molecular weight excluding hydrogens is 409 g/mol. The molecule has 3 nitrogen and oxygen atoms in total. The summed E-state index contributed by atoms with van der Waals surface area (Å²) in [6.07, 6.45) is 4.21. The van der Waals surface area contributed by atoms with Gasteiger partial charge in [0.25, 0.3) is 0 Å². The lowest BCUT2D eigenvalue weighted by atomic mass is 10.0. The quantitative estimate of drug-likeness (QED) is 0.528. The SMILES string of the molecule is Clc1cccc(Cl)c1-c1cnc(CNC2CCN(Cc3ccccc3)CC2)s1. The van der Waals surface area contributed by atoms with Crippen molar-refractivity contribution in [1.82, 2.24) is 15.2 Å². The zero-order valence-electron chi connectivity index (χ0n) is 15.6. The second-order valence-corrected chi connectivity index (χ2v) is 9.06. The van der Waals surface area contributed by atoms with Crippen molar-refractivity contribution in [2.24, 2.45) is 0 Å². The van der Waals surface area contributed by atoms with Gasteiger partial charge in [0, 0.05) is 30.9 Å². The van der Waals surface area contributed by atoms with Crippen LogP contribution >= 0.6 is 34.5 Å². The van der Waals surface area contributed by atoms with E-state index in [0.717, 1.165) is 41.6 Å². The monoisotopic (exact) mass is 431 g/mol. The molecule has 1 N–H and O–H groups in total. The Balaban J connectivity index is 1.28. The molecule has 0 spiro atoms.